The average molecular weight is 216 g/mol. The third-order valence-electron chi connectivity index (χ3n) is 2.74. The van der Waals surface area contributed by atoms with Gasteiger partial charge in [-0.1, -0.05) is 0 Å². The number of rotatable bonds is 1. The first-order chi connectivity index (χ1) is 7.52. The molecule has 2 aromatic heterocycles. The van der Waals surface area contributed by atoms with E-state index in [2.05, 4.69) is 9.97 Å². The van der Waals surface area contributed by atoms with Crippen LogP contribution >= 0.6 is 0 Å². The Morgan fingerprint density at radius 3 is 2.56 bits per heavy atom. The van der Waals surface area contributed by atoms with Crippen LogP contribution in [0.15, 0.2) is 12.4 Å². The monoisotopic (exact) mass is 216 g/mol. The minimum Gasteiger partial charge on any atom is -0.504 e. The van der Waals surface area contributed by atoms with Gasteiger partial charge in [-0.2, -0.15) is 0 Å². The molecule has 16 heavy (non-hydrogen) atoms. The van der Waals surface area contributed by atoms with E-state index in [4.69, 9.17) is 0 Å². The maximum Gasteiger partial charge on any atom is 0.181 e. The van der Waals surface area contributed by atoms with Crippen LogP contribution < -0.4 is 0 Å². The highest BCUT2D eigenvalue weighted by Crippen LogP contribution is 2.28. The van der Waals surface area contributed by atoms with Gasteiger partial charge in [0.15, 0.2) is 11.5 Å². The number of ketones is 1. The first-order valence-electron chi connectivity index (χ1n) is 4.97. The lowest BCUT2D eigenvalue weighted by Crippen LogP contribution is -1.99. The fourth-order valence-electron chi connectivity index (χ4n) is 1.62. The van der Waals surface area contributed by atoms with Crippen LogP contribution in [-0.4, -0.2) is 20.9 Å². The Morgan fingerprint density at radius 2 is 1.94 bits per heavy atom. The number of carbonyl (C=O) groups excluding carboxylic acids is 1. The van der Waals surface area contributed by atoms with Gasteiger partial charge in [-0.15, -0.1) is 0 Å². The van der Waals surface area contributed by atoms with Gasteiger partial charge < -0.3 is 5.11 Å². The van der Waals surface area contributed by atoms with Gasteiger partial charge in [0.1, 0.15) is 11.2 Å². The minimum absolute atomic E-state index is 0.0725. The van der Waals surface area contributed by atoms with Crippen molar-refractivity contribution in [1.82, 2.24) is 9.97 Å². The summed E-state index contributed by atoms with van der Waals surface area (Å²) in [7, 11) is 0. The number of aromatic hydroxyl groups is 1. The van der Waals surface area contributed by atoms with Crippen molar-refractivity contribution in [3.8, 4) is 5.75 Å². The third kappa shape index (κ3) is 1.43. The van der Waals surface area contributed by atoms with Gasteiger partial charge in [-0.25, -0.2) is 4.98 Å². The fourth-order valence-corrected chi connectivity index (χ4v) is 1.62. The molecule has 0 unspecified atom stereocenters. The Balaban J connectivity index is 2.87. The number of aromatic nitrogens is 2. The second-order valence-electron chi connectivity index (χ2n) is 3.84. The largest absolute Gasteiger partial charge is 0.504 e. The molecule has 0 atom stereocenters. The van der Waals surface area contributed by atoms with Gasteiger partial charge in [0.25, 0.3) is 0 Å². The van der Waals surface area contributed by atoms with Crippen LogP contribution in [0.5, 0.6) is 5.75 Å². The van der Waals surface area contributed by atoms with E-state index in [1.807, 2.05) is 13.8 Å². The van der Waals surface area contributed by atoms with Gasteiger partial charge in [-0.3, -0.25) is 9.78 Å². The van der Waals surface area contributed by atoms with E-state index >= 15 is 0 Å². The number of Topliss-reactive ketones (excluding diaryl/α,β-unsaturated/α-hetero) is 1. The fraction of sp³-hybridized carbons (Fsp3) is 0.250. The van der Waals surface area contributed by atoms with Gasteiger partial charge >= 0.3 is 0 Å². The lowest BCUT2D eigenvalue weighted by atomic mass is 10.1. The molecule has 0 spiro atoms. The Hall–Kier alpha value is -1.97. The standard InChI is InChI=1S/C12H12N2O2/c1-6-4-13-11-9(7(6)2)5-14-10(8(3)15)12(11)16/h4-5,16H,1-3H3. The predicted molar refractivity (Wildman–Crippen MR) is 60.7 cm³/mol. The van der Waals surface area contributed by atoms with E-state index in [1.54, 1.807) is 12.4 Å². The predicted octanol–water partition coefficient (Wildman–Crippen LogP) is 2.15. The van der Waals surface area contributed by atoms with E-state index in [9.17, 15) is 9.90 Å². The van der Waals surface area contributed by atoms with Crippen molar-refractivity contribution in [2.45, 2.75) is 20.8 Å². The van der Waals surface area contributed by atoms with Crippen LogP contribution in [0.25, 0.3) is 10.9 Å². The normalized spacial score (nSPS) is 10.7. The summed E-state index contributed by atoms with van der Waals surface area (Å²) < 4.78 is 0. The van der Waals surface area contributed by atoms with Crippen molar-refractivity contribution in [3.05, 3.63) is 29.2 Å². The summed E-state index contributed by atoms with van der Waals surface area (Å²) in [4.78, 5) is 19.3. The SMILES string of the molecule is CC(=O)c1ncc2c(C)c(C)cnc2c1O. The van der Waals surface area contributed by atoms with E-state index in [0.29, 0.717) is 5.52 Å². The first-order valence-corrected chi connectivity index (χ1v) is 4.97. The lowest BCUT2D eigenvalue weighted by molar-refractivity contribution is 0.101. The molecule has 0 fully saturated rings. The maximum atomic E-state index is 11.2. The van der Waals surface area contributed by atoms with Crippen molar-refractivity contribution in [2.24, 2.45) is 0 Å². The van der Waals surface area contributed by atoms with Gasteiger partial charge in [0.2, 0.25) is 0 Å². The minimum atomic E-state index is -0.264. The smallest absolute Gasteiger partial charge is 0.181 e. The van der Waals surface area contributed by atoms with Gasteiger partial charge in [0.05, 0.1) is 0 Å². The molecular formula is C12H12N2O2. The average Bonchev–Trinajstić information content (AvgIpc) is 2.23. The molecule has 1 N–H and O–H groups in total. The van der Waals surface area contributed by atoms with Crippen LogP contribution in [-0.2, 0) is 0 Å². The molecule has 2 heterocycles. The third-order valence-corrected chi connectivity index (χ3v) is 2.74. The Kier molecular flexibility index (Phi) is 2.34. The van der Waals surface area contributed by atoms with Crippen molar-refractivity contribution >= 4 is 16.7 Å². The molecule has 82 valence electrons. The molecule has 0 saturated heterocycles. The molecule has 0 aliphatic rings. The Labute approximate surface area is 93.0 Å². The highest BCUT2D eigenvalue weighted by atomic mass is 16.3. The highest BCUT2D eigenvalue weighted by Gasteiger charge is 2.14. The number of nitrogens with zero attached hydrogens (tertiary/aromatic N) is 2. The summed E-state index contributed by atoms with van der Waals surface area (Å²) in [6, 6.07) is 0. The van der Waals surface area contributed by atoms with Crippen molar-refractivity contribution in [2.75, 3.05) is 0 Å². The van der Waals surface area contributed by atoms with Crippen LogP contribution in [0.3, 0.4) is 0 Å². The zero-order valence-electron chi connectivity index (χ0n) is 9.40. The number of pyridine rings is 2. The summed E-state index contributed by atoms with van der Waals surface area (Å²) in [5.74, 6) is -0.396. The Morgan fingerprint density at radius 1 is 1.25 bits per heavy atom. The van der Waals surface area contributed by atoms with E-state index in [0.717, 1.165) is 16.5 Å². The molecule has 4 nitrogen and oxygen atoms in total. The van der Waals surface area contributed by atoms with E-state index < -0.39 is 0 Å². The summed E-state index contributed by atoms with van der Waals surface area (Å²) in [6.45, 7) is 5.25. The topological polar surface area (TPSA) is 63.1 Å². The number of aryl methyl sites for hydroxylation is 2. The summed E-state index contributed by atoms with van der Waals surface area (Å²) >= 11 is 0. The van der Waals surface area contributed by atoms with Crippen LogP contribution in [0.4, 0.5) is 0 Å². The van der Waals surface area contributed by atoms with Gasteiger partial charge in [-0.05, 0) is 25.0 Å². The molecule has 2 rings (SSSR count). The molecule has 0 aromatic carbocycles. The molecule has 0 aliphatic carbocycles. The zero-order chi connectivity index (χ0) is 11.9. The molecule has 0 aliphatic heterocycles. The van der Waals surface area contributed by atoms with Crippen molar-refractivity contribution < 1.29 is 9.90 Å². The van der Waals surface area contributed by atoms with Crippen LogP contribution in [0, 0.1) is 13.8 Å². The van der Waals surface area contributed by atoms with Gasteiger partial charge in [0, 0.05) is 24.7 Å². The number of fused-ring (bicyclic) bond motifs is 1. The van der Waals surface area contributed by atoms with Crippen molar-refractivity contribution in [3.63, 3.8) is 0 Å². The number of carbonyl (C=O) groups is 1. The number of hydrogen-bond acceptors (Lipinski definition) is 4. The highest BCUT2D eigenvalue weighted by molar-refractivity contribution is 6.00. The molecule has 0 saturated carbocycles. The number of hydrogen-bond donors (Lipinski definition) is 1. The zero-order valence-corrected chi connectivity index (χ0v) is 9.40. The van der Waals surface area contributed by atoms with Crippen molar-refractivity contribution in [1.29, 1.82) is 0 Å². The maximum absolute atomic E-state index is 11.2. The second kappa shape index (κ2) is 3.56. The lowest BCUT2D eigenvalue weighted by Gasteiger charge is -2.07. The second-order valence-corrected chi connectivity index (χ2v) is 3.84. The summed E-state index contributed by atoms with van der Waals surface area (Å²) in [5.41, 5.74) is 2.55. The molecule has 0 amide bonds. The first kappa shape index (κ1) is 10.5. The van der Waals surface area contributed by atoms with Crippen LogP contribution in [0.1, 0.15) is 28.5 Å². The van der Waals surface area contributed by atoms with E-state index in [-0.39, 0.29) is 17.2 Å². The molecule has 4 heteroatoms. The molecule has 0 radical (unpaired) electrons. The van der Waals surface area contributed by atoms with Crippen LogP contribution in [0.2, 0.25) is 0 Å². The molecular weight excluding hydrogens is 204 g/mol. The summed E-state index contributed by atoms with van der Waals surface area (Å²) in [5, 5.41) is 10.7. The molecule has 0 bridgehead atoms. The summed E-state index contributed by atoms with van der Waals surface area (Å²) in [6.07, 6.45) is 3.27. The molecule has 2 aromatic rings. The van der Waals surface area contributed by atoms with E-state index in [1.165, 1.54) is 6.92 Å². The Bertz CT molecular complexity index is 591. The quantitative estimate of drug-likeness (QED) is 0.742.